The van der Waals surface area contributed by atoms with Crippen molar-refractivity contribution in [3.63, 3.8) is 0 Å². The van der Waals surface area contributed by atoms with Crippen molar-refractivity contribution in [2.24, 2.45) is 0 Å². The summed E-state index contributed by atoms with van der Waals surface area (Å²) in [6, 6.07) is 13.7. The van der Waals surface area contributed by atoms with E-state index in [1.807, 2.05) is 35.8 Å². The molecule has 0 aliphatic heterocycles. The highest BCUT2D eigenvalue weighted by molar-refractivity contribution is 5.75. The fraction of sp³-hybridized carbons (Fsp3) is 0.235. The molecule has 0 amide bonds. The zero-order chi connectivity index (χ0) is 16.4. The summed E-state index contributed by atoms with van der Waals surface area (Å²) in [5, 5.41) is 10.4. The van der Waals surface area contributed by atoms with Crippen molar-refractivity contribution in [1.82, 2.24) is 9.55 Å². The summed E-state index contributed by atoms with van der Waals surface area (Å²) in [6.07, 6.45) is -0.771. The first kappa shape index (κ1) is 15.4. The standard InChI is InChI=1S/C17H16F2N2O2/c1-11-20-14-4-2-3-5-15(14)21(11)10-16(22)12-6-8-13(9-7-12)23-17(18)19/h2-9,16-17,22H,10H2,1H3. The third-order valence-corrected chi connectivity index (χ3v) is 3.69. The quantitative estimate of drug-likeness (QED) is 0.780. The van der Waals surface area contributed by atoms with E-state index in [4.69, 9.17) is 0 Å². The third kappa shape index (κ3) is 3.32. The second-order valence-corrected chi connectivity index (χ2v) is 5.22. The van der Waals surface area contributed by atoms with E-state index in [1.165, 1.54) is 12.1 Å². The topological polar surface area (TPSA) is 47.3 Å². The zero-order valence-electron chi connectivity index (χ0n) is 12.5. The molecular weight excluding hydrogens is 302 g/mol. The van der Waals surface area contributed by atoms with Gasteiger partial charge >= 0.3 is 6.61 Å². The number of imidazole rings is 1. The number of aliphatic hydroxyl groups excluding tert-OH is 1. The van der Waals surface area contributed by atoms with Crippen molar-refractivity contribution in [3.05, 3.63) is 59.9 Å². The molecular formula is C17H16F2N2O2. The molecule has 1 aromatic heterocycles. The first-order valence-corrected chi connectivity index (χ1v) is 7.19. The van der Waals surface area contributed by atoms with Gasteiger partial charge in [0, 0.05) is 0 Å². The lowest BCUT2D eigenvalue weighted by atomic mass is 10.1. The molecule has 0 spiro atoms. The molecule has 0 aliphatic rings. The van der Waals surface area contributed by atoms with Crippen LogP contribution in [0, 0.1) is 6.92 Å². The largest absolute Gasteiger partial charge is 0.435 e. The number of halogens is 2. The number of nitrogens with zero attached hydrogens (tertiary/aromatic N) is 2. The number of benzene rings is 2. The molecule has 1 heterocycles. The van der Waals surface area contributed by atoms with Crippen molar-refractivity contribution in [2.45, 2.75) is 26.2 Å². The van der Waals surface area contributed by atoms with Crippen LogP contribution in [-0.2, 0) is 6.54 Å². The Labute approximate surface area is 132 Å². The van der Waals surface area contributed by atoms with Crippen LogP contribution < -0.4 is 4.74 Å². The van der Waals surface area contributed by atoms with Gasteiger partial charge in [0.25, 0.3) is 0 Å². The Morgan fingerprint density at radius 1 is 1.13 bits per heavy atom. The summed E-state index contributed by atoms with van der Waals surface area (Å²) < 4.78 is 30.5. The summed E-state index contributed by atoms with van der Waals surface area (Å²) in [5.41, 5.74) is 2.45. The summed E-state index contributed by atoms with van der Waals surface area (Å²) in [6.45, 7) is -0.640. The first-order valence-electron chi connectivity index (χ1n) is 7.19. The zero-order valence-corrected chi connectivity index (χ0v) is 12.5. The predicted octanol–water partition coefficient (Wildman–Crippen LogP) is 3.68. The van der Waals surface area contributed by atoms with E-state index < -0.39 is 12.7 Å². The van der Waals surface area contributed by atoms with Gasteiger partial charge in [0.1, 0.15) is 11.6 Å². The number of hydrogen-bond donors (Lipinski definition) is 1. The molecule has 0 fully saturated rings. The number of aliphatic hydroxyl groups is 1. The summed E-state index contributed by atoms with van der Waals surface area (Å²) in [5.74, 6) is 0.878. The molecule has 0 bridgehead atoms. The number of fused-ring (bicyclic) bond motifs is 1. The normalized spacial score (nSPS) is 12.7. The number of aryl methyl sites for hydroxylation is 1. The molecule has 0 aliphatic carbocycles. The van der Waals surface area contributed by atoms with E-state index in [9.17, 15) is 13.9 Å². The Balaban J connectivity index is 1.80. The van der Waals surface area contributed by atoms with Crippen molar-refractivity contribution < 1.29 is 18.6 Å². The van der Waals surface area contributed by atoms with Crippen LogP contribution in [0.4, 0.5) is 8.78 Å². The lowest BCUT2D eigenvalue weighted by Crippen LogP contribution is -2.10. The van der Waals surface area contributed by atoms with Gasteiger partial charge in [-0.3, -0.25) is 0 Å². The van der Waals surface area contributed by atoms with Crippen molar-refractivity contribution >= 4 is 11.0 Å². The number of alkyl halides is 2. The average Bonchev–Trinajstić information content (AvgIpc) is 2.83. The lowest BCUT2D eigenvalue weighted by Gasteiger charge is -2.14. The predicted molar refractivity (Wildman–Crippen MR) is 82.5 cm³/mol. The van der Waals surface area contributed by atoms with E-state index in [0.717, 1.165) is 16.9 Å². The monoisotopic (exact) mass is 318 g/mol. The maximum Gasteiger partial charge on any atom is 0.387 e. The summed E-state index contributed by atoms with van der Waals surface area (Å²) in [7, 11) is 0. The second kappa shape index (κ2) is 6.34. The summed E-state index contributed by atoms with van der Waals surface area (Å²) >= 11 is 0. The van der Waals surface area contributed by atoms with Crippen LogP contribution >= 0.6 is 0 Å². The van der Waals surface area contributed by atoms with Crippen molar-refractivity contribution in [2.75, 3.05) is 0 Å². The number of ether oxygens (including phenoxy) is 1. The van der Waals surface area contributed by atoms with Gasteiger partial charge in [-0.15, -0.1) is 0 Å². The van der Waals surface area contributed by atoms with E-state index >= 15 is 0 Å². The van der Waals surface area contributed by atoms with Crippen LogP contribution in [0.2, 0.25) is 0 Å². The third-order valence-electron chi connectivity index (χ3n) is 3.69. The van der Waals surface area contributed by atoms with Crippen LogP contribution in [0.25, 0.3) is 11.0 Å². The molecule has 120 valence electrons. The highest BCUT2D eigenvalue weighted by Crippen LogP contribution is 2.23. The maximum absolute atomic E-state index is 12.1. The van der Waals surface area contributed by atoms with Gasteiger partial charge in [-0.1, -0.05) is 24.3 Å². The molecule has 0 saturated heterocycles. The Bertz CT molecular complexity index is 800. The minimum Gasteiger partial charge on any atom is -0.435 e. The summed E-state index contributed by atoms with van der Waals surface area (Å²) in [4.78, 5) is 4.46. The molecule has 0 saturated carbocycles. The Hall–Kier alpha value is -2.47. The van der Waals surface area contributed by atoms with Crippen LogP contribution in [0.1, 0.15) is 17.5 Å². The minimum atomic E-state index is -2.86. The second-order valence-electron chi connectivity index (χ2n) is 5.22. The SMILES string of the molecule is Cc1nc2ccccc2n1CC(O)c1ccc(OC(F)F)cc1. The smallest absolute Gasteiger partial charge is 0.387 e. The molecule has 0 radical (unpaired) electrons. The van der Waals surface area contributed by atoms with Gasteiger partial charge < -0.3 is 14.4 Å². The average molecular weight is 318 g/mol. The van der Waals surface area contributed by atoms with Gasteiger partial charge in [-0.2, -0.15) is 8.78 Å². The highest BCUT2D eigenvalue weighted by atomic mass is 19.3. The molecule has 1 unspecified atom stereocenters. The molecule has 2 aromatic carbocycles. The van der Waals surface area contributed by atoms with Crippen LogP contribution in [0.3, 0.4) is 0 Å². The lowest BCUT2D eigenvalue weighted by molar-refractivity contribution is -0.0498. The fourth-order valence-electron chi connectivity index (χ4n) is 2.58. The molecule has 1 N–H and O–H groups in total. The molecule has 23 heavy (non-hydrogen) atoms. The van der Waals surface area contributed by atoms with E-state index in [2.05, 4.69) is 9.72 Å². The molecule has 4 nitrogen and oxygen atoms in total. The number of hydrogen-bond acceptors (Lipinski definition) is 3. The van der Waals surface area contributed by atoms with Crippen molar-refractivity contribution in [1.29, 1.82) is 0 Å². The molecule has 1 atom stereocenters. The van der Waals surface area contributed by atoms with Gasteiger partial charge in [0.05, 0.1) is 23.7 Å². The van der Waals surface area contributed by atoms with Crippen molar-refractivity contribution in [3.8, 4) is 5.75 Å². The van der Waals surface area contributed by atoms with Crippen LogP contribution in [0.15, 0.2) is 48.5 Å². The highest BCUT2D eigenvalue weighted by Gasteiger charge is 2.14. The van der Waals surface area contributed by atoms with E-state index in [-0.39, 0.29) is 5.75 Å². The van der Waals surface area contributed by atoms with Crippen LogP contribution in [0.5, 0.6) is 5.75 Å². The van der Waals surface area contributed by atoms with E-state index in [1.54, 1.807) is 12.1 Å². The number of rotatable bonds is 5. The van der Waals surface area contributed by atoms with E-state index in [0.29, 0.717) is 12.1 Å². The van der Waals surface area contributed by atoms with Gasteiger partial charge in [-0.05, 0) is 36.8 Å². The Morgan fingerprint density at radius 3 is 2.52 bits per heavy atom. The van der Waals surface area contributed by atoms with Gasteiger partial charge in [0.15, 0.2) is 0 Å². The number of aromatic nitrogens is 2. The van der Waals surface area contributed by atoms with Crippen LogP contribution in [-0.4, -0.2) is 21.3 Å². The molecule has 3 aromatic rings. The van der Waals surface area contributed by atoms with Gasteiger partial charge in [0.2, 0.25) is 0 Å². The van der Waals surface area contributed by atoms with Gasteiger partial charge in [-0.25, -0.2) is 4.98 Å². The Kier molecular flexibility index (Phi) is 4.25. The minimum absolute atomic E-state index is 0.0696. The molecule has 3 rings (SSSR count). The maximum atomic E-state index is 12.1. The Morgan fingerprint density at radius 2 is 1.83 bits per heavy atom. The fourth-order valence-corrected chi connectivity index (χ4v) is 2.58. The first-order chi connectivity index (χ1) is 11.0. The molecule has 6 heteroatoms. The number of para-hydroxylation sites is 2.